The summed E-state index contributed by atoms with van der Waals surface area (Å²) in [5.74, 6) is 1.75. The van der Waals surface area contributed by atoms with E-state index in [9.17, 15) is 4.79 Å². The van der Waals surface area contributed by atoms with Crippen molar-refractivity contribution in [3.05, 3.63) is 57.8 Å². The number of aromatic nitrogens is 3. The van der Waals surface area contributed by atoms with Gasteiger partial charge in [0.25, 0.3) is 0 Å². The molecule has 140 valence electrons. The molecule has 0 aliphatic carbocycles. The standard InChI is InChI=1S/C19H20IN5O2/c20-16-15-17(21)22-8-11-25(15)18(23-16)14-6-9-24(10-7-14)19(26)27-12-13-4-2-1-3-5-13/h1-5,8,11,14H,6-7,9-10,12H2,(H2,21,22). The van der Waals surface area contributed by atoms with Crippen molar-refractivity contribution < 1.29 is 9.53 Å². The van der Waals surface area contributed by atoms with Gasteiger partial charge in [0.2, 0.25) is 0 Å². The SMILES string of the molecule is Nc1nccn2c(C3CCN(C(=O)OCc4ccccc4)CC3)nc(I)c12. The number of hydrogen-bond acceptors (Lipinski definition) is 5. The van der Waals surface area contributed by atoms with Crippen molar-refractivity contribution in [2.45, 2.75) is 25.4 Å². The van der Waals surface area contributed by atoms with Crippen LogP contribution in [0.4, 0.5) is 10.6 Å². The van der Waals surface area contributed by atoms with Crippen LogP contribution in [0.3, 0.4) is 0 Å². The zero-order valence-corrected chi connectivity index (χ0v) is 16.9. The van der Waals surface area contributed by atoms with Crippen LogP contribution in [0, 0.1) is 3.70 Å². The van der Waals surface area contributed by atoms with Crippen LogP contribution in [0.2, 0.25) is 0 Å². The molecule has 0 bridgehead atoms. The number of benzene rings is 1. The summed E-state index contributed by atoms with van der Waals surface area (Å²) in [5.41, 5.74) is 7.85. The maximum Gasteiger partial charge on any atom is 0.410 e. The van der Waals surface area contributed by atoms with Crippen LogP contribution in [0.5, 0.6) is 0 Å². The Labute approximate surface area is 170 Å². The van der Waals surface area contributed by atoms with Crippen molar-refractivity contribution in [1.29, 1.82) is 0 Å². The summed E-state index contributed by atoms with van der Waals surface area (Å²) >= 11 is 2.20. The van der Waals surface area contributed by atoms with Gasteiger partial charge >= 0.3 is 6.09 Å². The number of nitrogens with zero attached hydrogens (tertiary/aromatic N) is 4. The first-order chi connectivity index (χ1) is 13.1. The molecule has 2 N–H and O–H groups in total. The second-order valence-corrected chi connectivity index (χ2v) is 7.62. The van der Waals surface area contributed by atoms with Crippen molar-refractivity contribution in [1.82, 2.24) is 19.3 Å². The number of carbonyl (C=O) groups is 1. The zero-order valence-electron chi connectivity index (χ0n) is 14.7. The molecule has 0 saturated carbocycles. The number of likely N-dealkylation sites (tertiary alicyclic amines) is 1. The smallest absolute Gasteiger partial charge is 0.410 e. The molecule has 4 rings (SSSR count). The minimum Gasteiger partial charge on any atom is -0.445 e. The number of halogens is 1. The predicted molar refractivity (Wildman–Crippen MR) is 110 cm³/mol. The minimum atomic E-state index is -0.256. The molecule has 27 heavy (non-hydrogen) atoms. The van der Waals surface area contributed by atoms with Gasteiger partial charge in [-0.15, -0.1) is 0 Å². The summed E-state index contributed by atoms with van der Waals surface area (Å²) in [7, 11) is 0. The summed E-state index contributed by atoms with van der Waals surface area (Å²) in [6.45, 7) is 1.61. The van der Waals surface area contributed by atoms with E-state index in [4.69, 9.17) is 15.5 Å². The third-order valence-electron chi connectivity index (χ3n) is 4.89. The largest absolute Gasteiger partial charge is 0.445 e. The molecule has 8 heteroatoms. The van der Waals surface area contributed by atoms with Crippen LogP contribution in [0.25, 0.3) is 5.52 Å². The number of piperidine rings is 1. The highest BCUT2D eigenvalue weighted by Crippen LogP contribution is 2.31. The number of nitrogen functional groups attached to an aromatic ring is 1. The van der Waals surface area contributed by atoms with Crippen molar-refractivity contribution in [3.63, 3.8) is 0 Å². The van der Waals surface area contributed by atoms with Gasteiger partial charge in [0, 0.05) is 31.4 Å². The molecule has 0 atom stereocenters. The first kappa shape index (κ1) is 18.0. The van der Waals surface area contributed by atoms with E-state index in [1.54, 1.807) is 11.1 Å². The fourth-order valence-electron chi connectivity index (χ4n) is 3.46. The number of anilines is 1. The Morgan fingerprint density at radius 1 is 1.26 bits per heavy atom. The van der Waals surface area contributed by atoms with Gasteiger partial charge in [0.05, 0.1) is 0 Å². The molecule has 3 heterocycles. The second-order valence-electron chi connectivity index (χ2n) is 6.59. The van der Waals surface area contributed by atoms with Crippen LogP contribution in [-0.2, 0) is 11.3 Å². The van der Waals surface area contributed by atoms with Crippen LogP contribution in [0.1, 0.15) is 30.1 Å². The van der Waals surface area contributed by atoms with Crippen LogP contribution >= 0.6 is 22.6 Å². The molecular weight excluding hydrogens is 457 g/mol. The Hall–Kier alpha value is -2.36. The van der Waals surface area contributed by atoms with Gasteiger partial charge in [-0.1, -0.05) is 30.3 Å². The van der Waals surface area contributed by atoms with Crippen molar-refractivity contribution in [2.75, 3.05) is 18.8 Å². The highest BCUT2D eigenvalue weighted by atomic mass is 127. The van der Waals surface area contributed by atoms with Gasteiger partial charge < -0.3 is 15.4 Å². The van der Waals surface area contributed by atoms with Crippen LogP contribution in [0.15, 0.2) is 42.7 Å². The molecule has 3 aromatic rings. The van der Waals surface area contributed by atoms with Gasteiger partial charge in [0.1, 0.15) is 21.6 Å². The van der Waals surface area contributed by atoms with Gasteiger partial charge in [-0.3, -0.25) is 4.40 Å². The topological polar surface area (TPSA) is 85.8 Å². The molecule has 1 amide bonds. The first-order valence-electron chi connectivity index (χ1n) is 8.87. The molecule has 1 saturated heterocycles. The number of ether oxygens (including phenoxy) is 1. The van der Waals surface area contributed by atoms with Crippen molar-refractivity contribution >= 4 is 40.0 Å². The van der Waals surface area contributed by atoms with Crippen molar-refractivity contribution in [3.8, 4) is 0 Å². The van der Waals surface area contributed by atoms with Gasteiger partial charge in [-0.05, 0) is 41.0 Å². The second kappa shape index (κ2) is 7.71. The lowest BCUT2D eigenvalue weighted by atomic mass is 9.96. The zero-order chi connectivity index (χ0) is 18.8. The Bertz CT molecular complexity index is 951. The molecule has 0 unspecified atom stereocenters. The number of amides is 1. The summed E-state index contributed by atoms with van der Waals surface area (Å²) in [6.07, 6.45) is 5.03. The van der Waals surface area contributed by atoms with Crippen molar-refractivity contribution in [2.24, 2.45) is 0 Å². The molecule has 1 aliphatic heterocycles. The van der Waals surface area contributed by atoms with E-state index in [1.165, 1.54) is 0 Å². The lowest BCUT2D eigenvalue weighted by Gasteiger charge is -2.30. The Kier molecular flexibility index (Phi) is 5.15. The molecule has 2 aromatic heterocycles. The Morgan fingerprint density at radius 2 is 2.00 bits per heavy atom. The first-order valence-corrected chi connectivity index (χ1v) is 9.95. The monoisotopic (exact) mass is 477 g/mol. The number of fused-ring (bicyclic) bond motifs is 1. The predicted octanol–water partition coefficient (Wildman–Crippen LogP) is 3.43. The lowest BCUT2D eigenvalue weighted by molar-refractivity contribution is 0.0866. The molecule has 0 spiro atoms. The van der Waals surface area contributed by atoms with E-state index in [1.807, 2.05) is 40.9 Å². The lowest BCUT2D eigenvalue weighted by Crippen LogP contribution is -2.38. The third kappa shape index (κ3) is 3.71. The highest BCUT2D eigenvalue weighted by molar-refractivity contribution is 14.1. The maximum absolute atomic E-state index is 12.3. The van der Waals surface area contributed by atoms with E-state index < -0.39 is 0 Å². The average molecular weight is 477 g/mol. The van der Waals surface area contributed by atoms with Crippen LogP contribution < -0.4 is 5.73 Å². The van der Waals surface area contributed by atoms with Gasteiger partial charge in [-0.25, -0.2) is 14.8 Å². The normalized spacial score (nSPS) is 15.2. The number of nitrogens with two attached hydrogens (primary N) is 1. The van der Waals surface area contributed by atoms with E-state index in [0.717, 1.165) is 33.4 Å². The summed E-state index contributed by atoms with van der Waals surface area (Å²) in [6, 6.07) is 9.72. The maximum atomic E-state index is 12.3. The molecule has 0 radical (unpaired) electrons. The van der Waals surface area contributed by atoms with Gasteiger partial charge in [0.15, 0.2) is 5.82 Å². The molecule has 1 aromatic carbocycles. The van der Waals surface area contributed by atoms with E-state index in [2.05, 4.69) is 27.6 Å². The average Bonchev–Trinajstić information content (AvgIpc) is 3.05. The third-order valence-corrected chi connectivity index (χ3v) is 5.64. The summed E-state index contributed by atoms with van der Waals surface area (Å²) < 4.78 is 8.32. The molecule has 1 aliphatic rings. The fraction of sp³-hybridized carbons (Fsp3) is 0.316. The number of hydrogen-bond donors (Lipinski definition) is 1. The summed E-state index contributed by atoms with van der Waals surface area (Å²) in [4.78, 5) is 23.0. The number of rotatable bonds is 3. The van der Waals surface area contributed by atoms with E-state index >= 15 is 0 Å². The molecule has 7 nitrogen and oxygen atoms in total. The fourth-order valence-corrected chi connectivity index (χ4v) is 4.24. The quantitative estimate of drug-likeness (QED) is 0.585. The number of imidazole rings is 1. The van der Waals surface area contributed by atoms with E-state index in [0.29, 0.717) is 25.5 Å². The number of carbonyl (C=O) groups excluding carboxylic acids is 1. The highest BCUT2D eigenvalue weighted by Gasteiger charge is 2.28. The van der Waals surface area contributed by atoms with Gasteiger partial charge in [-0.2, -0.15) is 0 Å². The Morgan fingerprint density at radius 3 is 2.74 bits per heavy atom. The minimum absolute atomic E-state index is 0.256. The van der Waals surface area contributed by atoms with Crippen LogP contribution in [-0.4, -0.2) is 38.5 Å². The Balaban J connectivity index is 1.39. The summed E-state index contributed by atoms with van der Waals surface area (Å²) in [5, 5.41) is 0. The van der Waals surface area contributed by atoms with E-state index in [-0.39, 0.29) is 12.0 Å². The molecular formula is C19H20IN5O2. The molecule has 1 fully saturated rings.